The number of nitrogen functional groups attached to an aromatic ring is 1. The summed E-state index contributed by atoms with van der Waals surface area (Å²) >= 11 is 0. The van der Waals surface area contributed by atoms with Crippen molar-refractivity contribution in [2.75, 3.05) is 12.0 Å². The van der Waals surface area contributed by atoms with E-state index >= 15 is 0 Å². The molecule has 0 aromatic carbocycles. The Morgan fingerprint density at radius 1 is 1.39 bits per heavy atom. The Bertz CT molecular complexity index is 396. The van der Waals surface area contributed by atoms with Gasteiger partial charge in [0.1, 0.15) is 0 Å². The number of hydrogen-bond acceptors (Lipinski definition) is 5. The quantitative estimate of drug-likeness (QED) is 0.552. The van der Waals surface area contributed by atoms with Gasteiger partial charge in [-0.25, -0.2) is 5.84 Å². The van der Waals surface area contributed by atoms with Crippen molar-refractivity contribution < 1.29 is 4.79 Å². The maximum absolute atomic E-state index is 11.8. The molecule has 1 aromatic heterocycles. The molecule has 6 nitrogen and oxygen atoms in total. The number of aromatic nitrogens is 2. The Morgan fingerprint density at radius 2 is 2.06 bits per heavy atom. The van der Waals surface area contributed by atoms with Crippen molar-refractivity contribution in [3.05, 3.63) is 17.8 Å². The van der Waals surface area contributed by atoms with E-state index in [0.29, 0.717) is 18.3 Å². The minimum Gasteiger partial charge on any atom is -0.350 e. The lowest BCUT2D eigenvalue weighted by atomic mass is 9.82. The lowest BCUT2D eigenvalue weighted by Crippen LogP contribution is -2.34. The highest BCUT2D eigenvalue weighted by Gasteiger charge is 2.20. The zero-order valence-corrected chi connectivity index (χ0v) is 11.3. The lowest BCUT2D eigenvalue weighted by molar-refractivity contribution is 0.0931. The molecule has 1 aromatic rings. The molecule has 0 saturated carbocycles. The first kappa shape index (κ1) is 14.4. The van der Waals surface area contributed by atoms with E-state index in [1.807, 2.05) is 0 Å². The zero-order chi connectivity index (χ0) is 13.8. The Morgan fingerprint density at radius 3 is 2.50 bits per heavy atom. The molecule has 0 fully saturated rings. The SMILES string of the molecule is CC(CNC(=O)c1ccc(NN)nn1)C(C)(C)C. The number of nitrogens with one attached hydrogen (secondary N) is 2. The predicted octanol–water partition coefficient (Wildman–Crippen LogP) is 1.17. The summed E-state index contributed by atoms with van der Waals surface area (Å²) in [4.78, 5) is 11.8. The molecule has 0 radical (unpaired) electrons. The van der Waals surface area contributed by atoms with Crippen LogP contribution in [-0.4, -0.2) is 22.6 Å². The molecule has 1 heterocycles. The van der Waals surface area contributed by atoms with Gasteiger partial charge in [0.15, 0.2) is 11.5 Å². The Hall–Kier alpha value is -1.69. The van der Waals surface area contributed by atoms with E-state index in [2.05, 4.69) is 48.6 Å². The Kier molecular flexibility index (Phi) is 4.61. The summed E-state index contributed by atoms with van der Waals surface area (Å²) in [6.07, 6.45) is 0. The van der Waals surface area contributed by atoms with Crippen molar-refractivity contribution in [1.82, 2.24) is 15.5 Å². The van der Waals surface area contributed by atoms with Gasteiger partial charge in [0.05, 0.1) is 0 Å². The third-order valence-corrected chi connectivity index (χ3v) is 3.09. The number of nitrogens with two attached hydrogens (primary N) is 1. The molecule has 1 unspecified atom stereocenters. The van der Waals surface area contributed by atoms with Gasteiger partial charge >= 0.3 is 0 Å². The number of carbonyl (C=O) groups is 1. The highest BCUT2D eigenvalue weighted by molar-refractivity contribution is 5.92. The molecule has 0 bridgehead atoms. The smallest absolute Gasteiger partial charge is 0.271 e. The molecule has 18 heavy (non-hydrogen) atoms. The third-order valence-electron chi connectivity index (χ3n) is 3.09. The van der Waals surface area contributed by atoms with Crippen LogP contribution in [0.5, 0.6) is 0 Å². The number of nitrogens with zero attached hydrogens (tertiary/aromatic N) is 2. The van der Waals surface area contributed by atoms with Gasteiger partial charge in [-0.2, -0.15) is 0 Å². The van der Waals surface area contributed by atoms with Crippen molar-refractivity contribution in [2.45, 2.75) is 27.7 Å². The number of anilines is 1. The van der Waals surface area contributed by atoms with Gasteiger partial charge in [0.25, 0.3) is 5.91 Å². The second-order valence-corrected chi connectivity index (χ2v) is 5.43. The monoisotopic (exact) mass is 251 g/mol. The number of rotatable bonds is 4. The van der Waals surface area contributed by atoms with Gasteiger partial charge in [-0.3, -0.25) is 4.79 Å². The minimum absolute atomic E-state index is 0.159. The van der Waals surface area contributed by atoms with Crippen LogP contribution >= 0.6 is 0 Å². The van der Waals surface area contributed by atoms with Crippen LogP contribution in [0, 0.1) is 11.3 Å². The van der Waals surface area contributed by atoms with E-state index in [9.17, 15) is 4.79 Å². The molecule has 1 atom stereocenters. The molecule has 0 aliphatic heterocycles. The van der Waals surface area contributed by atoms with Crippen LogP contribution in [0.1, 0.15) is 38.2 Å². The van der Waals surface area contributed by atoms with Crippen molar-refractivity contribution in [3.63, 3.8) is 0 Å². The molecule has 0 aliphatic rings. The molecule has 6 heteroatoms. The average Bonchev–Trinajstić information content (AvgIpc) is 2.34. The molecule has 4 N–H and O–H groups in total. The van der Waals surface area contributed by atoms with Crippen LogP contribution in [-0.2, 0) is 0 Å². The van der Waals surface area contributed by atoms with Crippen LogP contribution in [0.25, 0.3) is 0 Å². The van der Waals surface area contributed by atoms with E-state index in [1.165, 1.54) is 0 Å². The van der Waals surface area contributed by atoms with Gasteiger partial charge in [-0.05, 0) is 23.5 Å². The largest absolute Gasteiger partial charge is 0.350 e. The van der Waals surface area contributed by atoms with E-state index in [-0.39, 0.29) is 17.0 Å². The van der Waals surface area contributed by atoms with Crippen molar-refractivity contribution >= 4 is 11.7 Å². The maximum atomic E-state index is 11.8. The second kappa shape index (κ2) is 5.77. The first-order chi connectivity index (χ1) is 8.34. The van der Waals surface area contributed by atoms with Gasteiger partial charge in [-0.1, -0.05) is 27.7 Å². The lowest BCUT2D eigenvalue weighted by Gasteiger charge is -2.27. The second-order valence-electron chi connectivity index (χ2n) is 5.43. The molecule has 100 valence electrons. The van der Waals surface area contributed by atoms with Crippen molar-refractivity contribution in [3.8, 4) is 0 Å². The molecule has 0 saturated heterocycles. The summed E-state index contributed by atoms with van der Waals surface area (Å²) in [5.41, 5.74) is 2.80. The van der Waals surface area contributed by atoms with Crippen LogP contribution in [0.15, 0.2) is 12.1 Å². The van der Waals surface area contributed by atoms with E-state index in [4.69, 9.17) is 5.84 Å². The Balaban J connectivity index is 2.55. The fraction of sp³-hybridized carbons (Fsp3) is 0.583. The van der Waals surface area contributed by atoms with E-state index in [0.717, 1.165) is 0 Å². The van der Waals surface area contributed by atoms with Crippen LogP contribution in [0.2, 0.25) is 0 Å². The Labute approximate surface area is 107 Å². The standard InChI is InChI=1S/C12H21N5O/c1-8(12(2,3)4)7-14-11(18)9-5-6-10(15-13)17-16-9/h5-6,8H,7,13H2,1-4H3,(H,14,18)(H,15,17). The fourth-order valence-electron chi connectivity index (χ4n) is 1.17. The number of hydrogen-bond donors (Lipinski definition) is 3. The predicted molar refractivity (Wildman–Crippen MR) is 70.8 cm³/mol. The third kappa shape index (κ3) is 3.96. The average molecular weight is 251 g/mol. The molecule has 0 aliphatic carbocycles. The van der Waals surface area contributed by atoms with Gasteiger partial charge in [0.2, 0.25) is 0 Å². The number of amides is 1. The first-order valence-corrected chi connectivity index (χ1v) is 5.93. The van der Waals surface area contributed by atoms with Crippen molar-refractivity contribution in [2.24, 2.45) is 17.2 Å². The topological polar surface area (TPSA) is 92.9 Å². The summed E-state index contributed by atoms with van der Waals surface area (Å²) in [6.45, 7) is 9.15. The molecule has 0 spiro atoms. The first-order valence-electron chi connectivity index (χ1n) is 5.93. The van der Waals surface area contributed by atoms with Gasteiger partial charge < -0.3 is 10.7 Å². The van der Waals surface area contributed by atoms with Gasteiger partial charge in [0, 0.05) is 6.54 Å². The maximum Gasteiger partial charge on any atom is 0.271 e. The highest BCUT2D eigenvalue weighted by atomic mass is 16.1. The summed E-state index contributed by atoms with van der Waals surface area (Å²) in [5, 5.41) is 10.4. The number of hydrazine groups is 1. The summed E-state index contributed by atoms with van der Waals surface area (Å²) in [7, 11) is 0. The fourth-order valence-corrected chi connectivity index (χ4v) is 1.17. The minimum atomic E-state index is -0.220. The highest BCUT2D eigenvalue weighted by Crippen LogP contribution is 2.24. The number of carbonyl (C=O) groups excluding carboxylic acids is 1. The normalized spacial score (nSPS) is 12.9. The molecule has 1 amide bonds. The molecule has 1 rings (SSSR count). The van der Waals surface area contributed by atoms with Crippen LogP contribution < -0.4 is 16.6 Å². The van der Waals surface area contributed by atoms with E-state index < -0.39 is 0 Å². The summed E-state index contributed by atoms with van der Waals surface area (Å²) < 4.78 is 0. The summed E-state index contributed by atoms with van der Waals surface area (Å²) in [5.74, 6) is 5.75. The van der Waals surface area contributed by atoms with Gasteiger partial charge in [-0.15, -0.1) is 10.2 Å². The summed E-state index contributed by atoms with van der Waals surface area (Å²) in [6, 6.07) is 3.19. The van der Waals surface area contributed by atoms with Crippen molar-refractivity contribution in [1.29, 1.82) is 0 Å². The zero-order valence-electron chi connectivity index (χ0n) is 11.3. The van der Waals surface area contributed by atoms with Crippen LogP contribution in [0.4, 0.5) is 5.82 Å². The molecular weight excluding hydrogens is 230 g/mol. The van der Waals surface area contributed by atoms with E-state index in [1.54, 1.807) is 12.1 Å². The molecular formula is C12H21N5O. The van der Waals surface area contributed by atoms with Crippen LogP contribution in [0.3, 0.4) is 0 Å².